The van der Waals surface area contributed by atoms with Crippen LogP contribution in [0.3, 0.4) is 0 Å². The highest BCUT2D eigenvalue weighted by atomic mass is 16.4. The summed E-state index contributed by atoms with van der Waals surface area (Å²) in [4.78, 5) is 14.7. The number of carbonyl (C=O) groups is 1. The molecular formula is C17H23N3O2. The summed E-state index contributed by atoms with van der Waals surface area (Å²) in [6.45, 7) is 6.89. The second-order valence-corrected chi connectivity index (χ2v) is 5.98. The number of nitrogens with zero attached hydrogens (tertiary/aromatic N) is 3. The topological polar surface area (TPSA) is 51.3 Å². The van der Waals surface area contributed by atoms with Crippen molar-refractivity contribution in [1.82, 2.24) is 14.7 Å². The molecule has 5 heteroatoms. The largest absolute Gasteiger partial charge is 0.456 e. The lowest BCUT2D eigenvalue weighted by molar-refractivity contribution is 0.0701. The molecule has 22 heavy (non-hydrogen) atoms. The second-order valence-electron chi connectivity index (χ2n) is 5.98. The van der Waals surface area contributed by atoms with Gasteiger partial charge in [-0.25, -0.2) is 0 Å². The van der Waals surface area contributed by atoms with E-state index >= 15 is 0 Å². The van der Waals surface area contributed by atoms with E-state index in [0.29, 0.717) is 5.76 Å². The van der Waals surface area contributed by atoms with Crippen LogP contribution in [0.1, 0.15) is 59.1 Å². The third kappa shape index (κ3) is 2.34. The minimum Gasteiger partial charge on any atom is -0.456 e. The predicted molar refractivity (Wildman–Crippen MR) is 83.8 cm³/mol. The zero-order valence-electron chi connectivity index (χ0n) is 13.7. The number of hydrogen-bond donors (Lipinski definition) is 0. The Hall–Kier alpha value is -2.04. The van der Waals surface area contributed by atoms with Crippen LogP contribution in [-0.2, 0) is 13.5 Å². The van der Waals surface area contributed by atoms with Crippen molar-refractivity contribution >= 4 is 5.91 Å². The average molecular weight is 301 g/mol. The molecule has 1 fully saturated rings. The Balaban J connectivity index is 1.91. The Bertz CT molecular complexity index is 699. The van der Waals surface area contributed by atoms with Gasteiger partial charge in [-0.15, -0.1) is 0 Å². The van der Waals surface area contributed by atoms with Crippen LogP contribution < -0.4 is 0 Å². The monoisotopic (exact) mass is 301 g/mol. The molecule has 1 amide bonds. The number of amides is 1. The van der Waals surface area contributed by atoms with Crippen molar-refractivity contribution in [2.24, 2.45) is 7.05 Å². The van der Waals surface area contributed by atoms with E-state index in [1.807, 2.05) is 36.5 Å². The SMILES string of the molecule is CCc1ccc(C(=O)N2CCCC2c2c(C)nn(C)c2C)o1. The van der Waals surface area contributed by atoms with E-state index in [9.17, 15) is 4.79 Å². The minimum atomic E-state index is -0.00940. The van der Waals surface area contributed by atoms with Crippen LogP contribution in [0.25, 0.3) is 0 Å². The van der Waals surface area contributed by atoms with Crippen molar-refractivity contribution in [3.05, 3.63) is 40.6 Å². The van der Waals surface area contributed by atoms with Crippen LogP contribution >= 0.6 is 0 Å². The Kier molecular flexibility index (Phi) is 3.81. The molecule has 0 aromatic carbocycles. The van der Waals surface area contributed by atoms with Crippen molar-refractivity contribution in [2.75, 3.05) is 6.54 Å². The maximum atomic E-state index is 12.8. The molecule has 118 valence electrons. The zero-order valence-corrected chi connectivity index (χ0v) is 13.7. The van der Waals surface area contributed by atoms with Gasteiger partial charge >= 0.3 is 0 Å². The molecule has 0 bridgehead atoms. The van der Waals surface area contributed by atoms with Crippen molar-refractivity contribution in [3.8, 4) is 0 Å². The third-order valence-electron chi connectivity index (χ3n) is 4.63. The van der Waals surface area contributed by atoms with Gasteiger partial charge in [0.15, 0.2) is 5.76 Å². The first-order valence-corrected chi connectivity index (χ1v) is 7.92. The summed E-state index contributed by atoms with van der Waals surface area (Å²) >= 11 is 0. The smallest absolute Gasteiger partial charge is 0.290 e. The van der Waals surface area contributed by atoms with Crippen molar-refractivity contribution in [3.63, 3.8) is 0 Å². The maximum Gasteiger partial charge on any atom is 0.290 e. The zero-order chi connectivity index (χ0) is 15.9. The highest BCUT2D eigenvalue weighted by molar-refractivity contribution is 5.92. The van der Waals surface area contributed by atoms with Gasteiger partial charge in [0.2, 0.25) is 0 Å². The van der Waals surface area contributed by atoms with E-state index < -0.39 is 0 Å². The van der Waals surface area contributed by atoms with Crippen LogP contribution in [0, 0.1) is 13.8 Å². The number of aromatic nitrogens is 2. The number of aryl methyl sites for hydroxylation is 3. The first-order valence-electron chi connectivity index (χ1n) is 7.92. The molecule has 1 aliphatic rings. The first kappa shape index (κ1) is 14.9. The van der Waals surface area contributed by atoms with Crippen LogP contribution in [-0.4, -0.2) is 27.1 Å². The van der Waals surface area contributed by atoms with Gasteiger partial charge in [-0.05, 0) is 38.8 Å². The van der Waals surface area contributed by atoms with Gasteiger partial charge in [0.05, 0.1) is 11.7 Å². The molecule has 3 heterocycles. The Morgan fingerprint density at radius 3 is 2.77 bits per heavy atom. The number of likely N-dealkylation sites (tertiary alicyclic amines) is 1. The maximum absolute atomic E-state index is 12.8. The highest BCUT2D eigenvalue weighted by Gasteiger charge is 2.35. The molecule has 0 aliphatic carbocycles. The van der Waals surface area contributed by atoms with E-state index in [2.05, 4.69) is 12.0 Å². The van der Waals surface area contributed by atoms with Gasteiger partial charge < -0.3 is 9.32 Å². The van der Waals surface area contributed by atoms with Crippen molar-refractivity contribution in [1.29, 1.82) is 0 Å². The van der Waals surface area contributed by atoms with E-state index in [1.165, 1.54) is 5.56 Å². The van der Waals surface area contributed by atoms with E-state index in [0.717, 1.165) is 43.0 Å². The fraction of sp³-hybridized carbons (Fsp3) is 0.529. The summed E-state index contributed by atoms with van der Waals surface area (Å²) in [6.07, 6.45) is 2.81. The Morgan fingerprint density at radius 1 is 1.41 bits per heavy atom. The lowest BCUT2D eigenvalue weighted by Gasteiger charge is -2.24. The number of furan rings is 1. The summed E-state index contributed by atoms with van der Waals surface area (Å²) in [5, 5.41) is 4.49. The average Bonchev–Trinajstić information content (AvgIpc) is 3.19. The molecule has 0 spiro atoms. The molecule has 1 atom stereocenters. The van der Waals surface area contributed by atoms with E-state index in [-0.39, 0.29) is 11.9 Å². The minimum absolute atomic E-state index is 0.00940. The van der Waals surface area contributed by atoms with Crippen LogP contribution in [0.5, 0.6) is 0 Å². The number of rotatable bonds is 3. The molecule has 1 saturated heterocycles. The quantitative estimate of drug-likeness (QED) is 0.875. The molecule has 2 aromatic rings. The second kappa shape index (κ2) is 5.63. The molecule has 0 N–H and O–H groups in total. The van der Waals surface area contributed by atoms with Gasteiger partial charge in [0, 0.05) is 31.3 Å². The van der Waals surface area contributed by atoms with Crippen molar-refractivity contribution < 1.29 is 9.21 Å². The van der Waals surface area contributed by atoms with Gasteiger partial charge in [0.1, 0.15) is 5.76 Å². The van der Waals surface area contributed by atoms with Crippen LogP contribution in [0.2, 0.25) is 0 Å². The van der Waals surface area contributed by atoms with Gasteiger partial charge in [-0.1, -0.05) is 6.92 Å². The third-order valence-corrected chi connectivity index (χ3v) is 4.63. The summed E-state index contributed by atoms with van der Waals surface area (Å²) in [5.74, 6) is 1.29. The molecule has 1 unspecified atom stereocenters. The highest BCUT2D eigenvalue weighted by Crippen LogP contribution is 2.36. The molecule has 3 rings (SSSR count). The predicted octanol–water partition coefficient (Wildman–Crippen LogP) is 3.17. The van der Waals surface area contributed by atoms with Gasteiger partial charge in [-0.3, -0.25) is 9.48 Å². The summed E-state index contributed by atoms with van der Waals surface area (Å²) in [5.41, 5.74) is 3.34. The molecule has 0 saturated carbocycles. The van der Waals surface area contributed by atoms with Gasteiger partial charge in [-0.2, -0.15) is 5.10 Å². The molecule has 1 aliphatic heterocycles. The summed E-state index contributed by atoms with van der Waals surface area (Å²) < 4.78 is 7.54. The lowest BCUT2D eigenvalue weighted by atomic mass is 10.0. The first-order chi connectivity index (χ1) is 10.5. The summed E-state index contributed by atoms with van der Waals surface area (Å²) in [7, 11) is 1.95. The van der Waals surface area contributed by atoms with E-state index in [1.54, 1.807) is 6.07 Å². The van der Waals surface area contributed by atoms with Crippen LogP contribution in [0.4, 0.5) is 0 Å². The number of carbonyl (C=O) groups excluding carboxylic acids is 1. The molecule has 0 radical (unpaired) electrons. The van der Waals surface area contributed by atoms with Crippen LogP contribution in [0.15, 0.2) is 16.5 Å². The Labute approximate surface area is 130 Å². The fourth-order valence-corrected chi connectivity index (χ4v) is 3.41. The van der Waals surface area contributed by atoms with E-state index in [4.69, 9.17) is 4.42 Å². The fourth-order valence-electron chi connectivity index (χ4n) is 3.41. The molecular weight excluding hydrogens is 278 g/mol. The molecule has 2 aromatic heterocycles. The lowest BCUT2D eigenvalue weighted by Crippen LogP contribution is -2.30. The standard InChI is InChI=1S/C17H23N3O2/c1-5-13-8-9-15(22-13)17(21)20-10-6-7-14(20)16-11(2)18-19(4)12(16)3/h8-9,14H,5-7,10H2,1-4H3. The Morgan fingerprint density at radius 2 is 2.18 bits per heavy atom. The normalized spacial score (nSPS) is 18.2. The number of hydrogen-bond acceptors (Lipinski definition) is 3. The van der Waals surface area contributed by atoms with Crippen molar-refractivity contribution in [2.45, 2.75) is 46.1 Å². The summed E-state index contributed by atoms with van der Waals surface area (Å²) in [6, 6.07) is 3.79. The molecule has 5 nitrogen and oxygen atoms in total. The van der Waals surface area contributed by atoms with Gasteiger partial charge in [0.25, 0.3) is 5.91 Å².